The van der Waals surface area contributed by atoms with Gasteiger partial charge in [-0.2, -0.15) is 9.40 Å². The van der Waals surface area contributed by atoms with Crippen molar-refractivity contribution < 1.29 is 17.2 Å². The molecule has 6 nitrogen and oxygen atoms in total. The normalized spacial score (nSPS) is 19.8. The fourth-order valence-corrected chi connectivity index (χ4v) is 4.34. The summed E-state index contributed by atoms with van der Waals surface area (Å²) >= 11 is 0. The number of hydrogen-bond acceptors (Lipinski definition) is 4. The molecule has 2 heterocycles. The zero-order valence-electron chi connectivity index (χ0n) is 12.3. The van der Waals surface area contributed by atoms with Crippen LogP contribution in [0.2, 0.25) is 0 Å². The molecule has 23 heavy (non-hydrogen) atoms. The van der Waals surface area contributed by atoms with Crippen molar-refractivity contribution in [2.24, 2.45) is 5.92 Å². The average Bonchev–Trinajstić information content (AvgIpc) is 3.03. The third kappa shape index (κ3) is 3.40. The van der Waals surface area contributed by atoms with Gasteiger partial charge in [0.15, 0.2) is 11.6 Å². The minimum absolute atomic E-state index is 0.102. The second-order valence-corrected chi connectivity index (χ2v) is 7.50. The summed E-state index contributed by atoms with van der Waals surface area (Å²) in [7, 11) is -3.83. The van der Waals surface area contributed by atoms with Gasteiger partial charge in [0.05, 0.1) is 4.90 Å². The van der Waals surface area contributed by atoms with E-state index in [9.17, 15) is 17.2 Å². The number of piperidine rings is 1. The van der Waals surface area contributed by atoms with Crippen LogP contribution in [0.15, 0.2) is 35.7 Å². The Balaban J connectivity index is 1.77. The number of nitrogens with zero attached hydrogens (tertiary/aromatic N) is 4. The largest absolute Gasteiger partial charge is 0.253 e. The molecule has 0 saturated carbocycles. The van der Waals surface area contributed by atoms with E-state index in [0.717, 1.165) is 24.6 Å². The summed E-state index contributed by atoms with van der Waals surface area (Å²) in [5, 5.41) is 4.02. The van der Waals surface area contributed by atoms with Crippen molar-refractivity contribution in [1.82, 2.24) is 19.1 Å². The highest BCUT2D eigenvalue weighted by Gasteiger charge is 2.31. The van der Waals surface area contributed by atoms with Gasteiger partial charge in [0.2, 0.25) is 10.0 Å². The predicted molar refractivity (Wildman–Crippen MR) is 77.9 cm³/mol. The molecule has 1 saturated heterocycles. The molecule has 1 aliphatic heterocycles. The van der Waals surface area contributed by atoms with Gasteiger partial charge in [-0.05, 0) is 37.0 Å². The lowest BCUT2D eigenvalue weighted by Gasteiger charge is -2.31. The van der Waals surface area contributed by atoms with E-state index < -0.39 is 21.7 Å². The minimum atomic E-state index is -3.83. The van der Waals surface area contributed by atoms with Crippen LogP contribution in [0.5, 0.6) is 0 Å². The van der Waals surface area contributed by atoms with Gasteiger partial charge in [-0.25, -0.2) is 22.2 Å². The van der Waals surface area contributed by atoms with Crippen molar-refractivity contribution in [3.8, 4) is 0 Å². The Labute approximate surface area is 132 Å². The third-order valence-electron chi connectivity index (χ3n) is 3.92. The van der Waals surface area contributed by atoms with E-state index in [1.165, 1.54) is 10.6 Å². The summed E-state index contributed by atoms with van der Waals surface area (Å²) in [6, 6.07) is 2.65. The molecule has 0 radical (unpaired) electrons. The van der Waals surface area contributed by atoms with E-state index in [1.54, 1.807) is 11.0 Å². The van der Waals surface area contributed by atoms with Gasteiger partial charge >= 0.3 is 0 Å². The molecule has 3 rings (SSSR count). The van der Waals surface area contributed by atoms with Crippen molar-refractivity contribution in [3.05, 3.63) is 42.5 Å². The second-order valence-electron chi connectivity index (χ2n) is 5.56. The van der Waals surface area contributed by atoms with Gasteiger partial charge in [-0.3, -0.25) is 4.68 Å². The Morgan fingerprint density at radius 2 is 2.09 bits per heavy atom. The maximum absolute atomic E-state index is 13.3. The predicted octanol–water partition coefficient (Wildman–Crippen LogP) is 1.66. The molecule has 0 unspecified atom stereocenters. The fraction of sp³-hybridized carbons (Fsp3) is 0.429. The van der Waals surface area contributed by atoms with Crippen LogP contribution >= 0.6 is 0 Å². The Bertz CT molecular complexity index is 780. The molecular formula is C14H16F2N4O2S. The molecule has 0 bridgehead atoms. The summed E-state index contributed by atoms with van der Waals surface area (Å²) in [4.78, 5) is 3.64. The lowest BCUT2D eigenvalue weighted by atomic mass is 10.00. The van der Waals surface area contributed by atoms with Gasteiger partial charge in [0.1, 0.15) is 12.7 Å². The highest BCUT2D eigenvalue weighted by Crippen LogP contribution is 2.25. The van der Waals surface area contributed by atoms with Gasteiger partial charge in [-0.1, -0.05) is 0 Å². The zero-order chi connectivity index (χ0) is 16.4. The number of rotatable bonds is 4. The van der Waals surface area contributed by atoms with Crippen LogP contribution in [-0.2, 0) is 16.6 Å². The van der Waals surface area contributed by atoms with Crippen LogP contribution in [-0.4, -0.2) is 40.6 Å². The summed E-state index contributed by atoms with van der Waals surface area (Å²) in [6.45, 7) is 1.26. The van der Waals surface area contributed by atoms with Crippen LogP contribution in [0.1, 0.15) is 12.8 Å². The molecule has 1 aliphatic rings. The van der Waals surface area contributed by atoms with Gasteiger partial charge < -0.3 is 0 Å². The smallest absolute Gasteiger partial charge is 0.243 e. The minimum Gasteiger partial charge on any atom is -0.253 e. The average molecular weight is 342 g/mol. The zero-order valence-corrected chi connectivity index (χ0v) is 13.1. The standard InChI is InChI=1S/C14H16F2N4O2S/c15-13-4-3-12(6-14(13)16)23(21,22)20-5-1-2-11(8-20)7-19-10-17-9-18-19/h3-4,6,9-11H,1-2,5,7-8H2/t11-/m1/s1. The van der Waals surface area contributed by atoms with E-state index in [0.29, 0.717) is 26.1 Å². The van der Waals surface area contributed by atoms with Crippen molar-refractivity contribution in [3.63, 3.8) is 0 Å². The van der Waals surface area contributed by atoms with Gasteiger partial charge in [0.25, 0.3) is 0 Å². The molecule has 1 aromatic heterocycles. The maximum atomic E-state index is 13.3. The Morgan fingerprint density at radius 3 is 2.78 bits per heavy atom. The summed E-state index contributed by atoms with van der Waals surface area (Å²) in [5.74, 6) is -2.13. The highest BCUT2D eigenvalue weighted by molar-refractivity contribution is 7.89. The molecule has 0 amide bonds. The second kappa shape index (κ2) is 6.32. The first kappa shape index (κ1) is 16.0. The highest BCUT2D eigenvalue weighted by atomic mass is 32.2. The van der Waals surface area contributed by atoms with Crippen LogP contribution in [0.25, 0.3) is 0 Å². The number of benzene rings is 1. The van der Waals surface area contributed by atoms with Gasteiger partial charge in [-0.15, -0.1) is 0 Å². The van der Waals surface area contributed by atoms with Crippen molar-refractivity contribution >= 4 is 10.0 Å². The van der Waals surface area contributed by atoms with Crippen molar-refractivity contribution in [1.29, 1.82) is 0 Å². The topological polar surface area (TPSA) is 68.1 Å². The molecule has 1 aromatic carbocycles. The maximum Gasteiger partial charge on any atom is 0.243 e. The fourth-order valence-electron chi connectivity index (χ4n) is 2.77. The van der Waals surface area contributed by atoms with E-state index in [1.807, 2.05) is 0 Å². The Kier molecular flexibility index (Phi) is 4.40. The lowest BCUT2D eigenvalue weighted by Crippen LogP contribution is -2.41. The molecule has 0 aliphatic carbocycles. The van der Waals surface area contributed by atoms with E-state index in [-0.39, 0.29) is 10.8 Å². The van der Waals surface area contributed by atoms with E-state index in [2.05, 4.69) is 10.1 Å². The molecule has 1 atom stereocenters. The van der Waals surface area contributed by atoms with E-state index in [4.69, 9.17) is 0 Å². The molecule has 1 fully saturated rings. The van der Waals surface area contributed by atoms with Crippen LogP contribution in [0, 0.1) is 17.6 Å². The molecule has 124 valence electrons. The number of aromatic nitrogens is 3. The Morgan fingerprint density at radius 1 is 1.26 bits per heavy atom. The first-order valence-electron chi connectivity index (χ1n) is 7.24. The molecular weight excluding hydrogens is 326 g/mol. The van der Waals surface area contributed by atoms with Gasteiger partial charge in [0, 0.05) is 19.6 Å². The lowest BCUT2D eigenvalue weighted by molar-refractivity contribution is 0.239. The molecule has 0 N–H and O–H groups in total. The summed E-state index contributed by atoms with van der Waals surface area (Å²) < 4.78 is 54.5. The van der Waals surface area contributed by atoms with Crippen molar-refractivity contribution in [2.75, 3.05) is 13.1 Å². The first-order chi connectivity index (χ1) is 11.0. The quantitative estimate of drug-likeness (QED) is 0.847. The van der Waals surface area contributed by atoms with Crippen LogP contribution in [0.4, 0.5) is 8.78 Å². The van der Waals surface area contributed by atoms with E-state index >= 15 is 0 Å². The number of halogens is 2. The number of sulfonamides is 1. The Hall–Kier alpha value is -1.87. The monoisotopic (exact) mass is 342 g/mol. The van der Waals surface area contributed by atoms with Crippen LogP contribution in [0.3, 0.4) is 0 Å². The van der Waals surface area contributed by atoms with Crippen molar-refractivity contribution in [2.45, 2.75) is 24.3 Å². The molecule has 2 aromatic rings. The van der Waals surface area contributed by atoms with Crippen LogP contribution < -0.4 is 0 Å². The summed E-state index contributed by atoms with van der Waals surface area (Å²) in [5.41, 5.74) is 0. The molecule has 0 spiro atoms. The first-order valence-corrected chi connectivity index (χ1v) is 8.68. The SMILES string of the molecule is O=S(=O)(c1ccc(F)c(F)c1)N1CCC[C@H](Cn2cncn2)C1. The number of hydrogen-bond donors (Lipinski definition) is 0. The molecule has 9 heteroatoms. The third-order valence-corrected chi connectivity index (χ3v) is 5.78. The summed E-state index contributed by atoms with van der Waals surface area (Å²) in [6.07, 6.45) is 4.60.